The van der Waals surface area contributed by atoms with E-state index in [1.54, 1.807) is 0 Å². The van der Waals surface area contributed by atoms with Crippen molar-refractivity contribution in [3.05, 3.63) is 41.1 Å². The lowest BCUT2D eigenvalue weighted by Crippen LogP contribution is -2.49. The van der Waals surface area contributed by atoms with Gasteiger partial charge in [0.2, 0.25) is 5.71 Å². The predicted octanol–water partition coefficient (Wildman–Crippen LogP) is 2.60. The number of nitrogens with zero attached hydrogens (tertiary/aromatic N) is 2. The summed E-state index contributed by atoms with van der Waals surface area (Å²) in [7, 11) is 0. The molecular formula is C14H20N2O2. The van der Waals surface area contributed by atoms with Gasteiger partial charge in [-0.1, -0.05) is 32.0 Å². The average Bonchev–Trinajstić information content (AvgIpc) is 2.59. The number of hydrogen-bond acceptors (Lipinski definition) is 3. The summed E-state index contributed by atoms with van der Waals surface area (Å²) >= 11 is 0. The van der Waals surface area contributed by atoms with Gasteiger partial charge in [-0.15, -0.1) is 5.06 Å². The van der Waals surface area contributed by atoms with Crippen LogP contribution in [0, 0.1) is 5.21 Å². The Morgan fingerprint density at radius 3 is 2.28 bits per heavy atom. The second kappa shape index (κ2) is 4.71. The van der Waals surface area contributed by atoms with Crippen LogP contribution in [0.4, 0.5) is 0 Å². The third-order valence-electron chi connectivity index (χ3n) is 3.99. The Morgan fingerprint density at radius 2 is 1.83 bits per heavy atom. The highest BCUT2D eigenvalue weighted by Gasteiger charge is 2.53. The van der Waals surface area contributed by atoms with E-state index in [0.29, 0.717) is 18.6 Å². The average molecular weight is 248 g/mol. The zero-order valence-electron chi connectivity index (χ0n) is 11.1. The molecule has 1 aromatic rings. The van der Waals surface area contributed by atoms with E-state index < -0.39 is 5.66 Å². The minimum absolute atomic E-state index is 0.287. The van der Waals surface area contributed by atoms with E-state index in [4.69, 9.17) is 0 Å². The number of hydroxylamine groups is 3. The van der Waals surface area contributed by atoms with Gasteiger partial charge >= 0.3 is 0 Å². The van der Waals surface area contributed by atoms with E-state index in [1.165, 1.54) is 5.06 Å². The third kappa shape index (κ3) is 1.64. The van der Waals surface area contributed by atoms with E-state index in [1.807, 2.05) is 51.1 Å². The number of rotatable bonds is 3. The minimum atomic E-state index is -0.829. The van der Waals surface area contributed by atoms with Gasteiger partial charge in [0.05, 0.1) is 0 Å². The Labute approximate surface area is 108 Å². The number of hydrogen-bond donors (Lipinski definition) is 1. The molecule has 4 heteroatoms. The maximum Gasteiger partial charge on any atom is 0.250 e. The molecule has 1 aromatic carbocycles. The molecule has 98 valence electrons. The van der Waals surface area contributed by atoms with Crippen molar-refractivity contribution >= 4 is 5.71 Å². The lowest BCUT2D eigenvalue weighted by atomic mass is 10.0. The lowest BCUT2D eigenvalue weighted by molar-refractivity contribution is -0.591. The summed E-state index contributed by atoms with van der Waals surface area (Å²) in [5.74, 6) is 0. The van der Waals surface area contributed by atoms with Crippen molar-refractivity contribution in [1.82, 2.24) is 5.06 Å². The van der Waals surface area contributed by atoms with Gasteiger partial charge in [-0.2, -0.15) is 4.74 Å². The Bertz CT molecular complexity index is 452. The molecule has 0 radical (unpaired) electrons. The maximum absolute atomic E-state index is 12.6. The summed E-state index contributed by atoms with van der Waals surface area (Å²) in [6, 6.07) is 9.26. The van der Waals surface area contributed by atoms with Crippen molar-refractivity contribution in [2.75, 3.05) is 0 Å². The minimum Gasteiger partial charge on any atom is -0.622 e. The number of benzene rings is 1. The molecule has 1 aliphatic heterocycles. The van der Waals surface area contributed by atoms with Gasteiger partial charge in [-0.25, -0.2) is 0 Å². The molecule has 18 heavy (non-hydrogen) atoms. The highest BCUT2D eigenvalue weighted by atomic mass is 16.6. The van der Waals surface area contributed by atoms with Gasteiger partial charge in [0, 0.05) is 18.4 Å². The monoisotopic (exact) mass is 248 g/mol. The Kier molecular flexibility index (Phi) is 3.41. The molecule has 2 rings (SSSR count). The largest absolute Gasteiger partial charge is 0.622 e. The van der Waals surface area contributed by atoms with Crippen LogP contribution >= 0.6 is 0 Å². The van der Waals surface area contributed by atoms with Crippen LogP contribution in [0.5, 0.6) is 0 Å². The van der Waals surface area contributed by atoms with E-state index in [0.717, 1.165) is 10.3 Å². The topological polar surface area (TPSA) is 49.5 Å². The van der Waals surface area contributed by atoms with Crippen molar-refractivity contribution in [2.24, 2.45) is 0 Å². The Morgan fingerprint density at radius 1 is 1.28 bits per heavy atom. The summed E-state index contributed by atoms with van der Waals surface area (Å²) in [5.41, 5.74) is 0.689. The fourth-order valence-corrected chi connectivity index (χ4v) is 2.79. The molecule has 1 N–H and O–H groups in total. The summed E-state index contributed by atoms with van der Waals surface area (Å²) in [4.78, 5) is 0. The van der Waals surface area contributed by atoms with Crippen molar-refractivity contribution in [3.8, 4) is 0 Å². The van der Waals surface area contributed by atoms with Gasteiger partial charge in [0.15, 0.2) is 0 Å². The first-order chi connectivity index (χ1) is 8.58. The summed E-state index contributed by atoms with van der Waals surface area (Å²) < 4.78 is 0.993. The zero-order chi connectivity index (χ0) is 13.3. The van der Waals surface area contributed by atoms with Gasteiger partial charge in [-0.3, -0.25) is 0 Å². The standard InChI is InChI=1S/C14H20N2O2/c1-4-14(5-2)15(17)11(3)13(16(14)18)12-9-7-6-8-10-12/h6-11,17H,4-5H2,1-3H3/t11-/m0/s1. The van der Waals surface area contributed by atoms with Crippen LogP contribution in [-0.4, -0.2) is 32.4 Å². The molecular weight excluding hydrogens is 228 g/mol. The second-order valence-electron chi connectivity index (χ2n) is 4.76. The molecule has 0 amide bonds. The van der Waals surface area contributed by atoms with Gasteiger partial charge in [0.1, 0.15) is 6.04 Å². The van der Waals surface area contributed by atoms with Crippen LogP contribution in [0.2, 0.25) is 0 Å². The molecule has 0 saturated carbocycles. The molecule has 0 fully saturated rings. The van der Waals surface area contributed by atoms with Crippen LogP contribution in [0.25, 0.3) is 0 Å². The van der Waals surface area contributed by atoms with Crippen molar-refractivity contribution in [2.45, 2.75) is 45.3 Å². The van der Waals surface area contributed by atoms with Crippen molar-refractivity contribution in [3.63, 3.8) is 0 Å². The summed E-state index contributed by atoms with van der Waals surface area (Å²) in [6.45, 7) is 5.72. The van der Waals surface area contributed by atoms with Crippen molar-refractivity contribution in [1.29, 1.82) is 0 Å². The lowest BCUT2D eigenvalue weighted by Gasteiger charge is -2.30. The van der Waals surface area contributed by atoms with Crippen LogP contribution in [0.3, 0.4) is 0 Å². The first-order valence-electron chi connectivity index (χ1n) is 6.46. The van der Waals surface area contributed by atoms with Crippen molar-refractivity contribution < 1.29 is 9.95 Å². The third-order valence-corrected chi connectivity index (χ3v) is 3.99. The molecule has 1 atom stereocenters. The van der Waals surface area contributed by atoms with Gasteiger partial charge < -0.3 is 10.4 Å². The first kappa shape index (κ1) is 13.1. The SMILES string of the molecule is CCC1(CC)N(O)[C@@H](C)C(c2ccccc2)=[N+]1[O-]. The van der Waals surface area contributed by atoms with Crippen LogP contribution in [0.15, 0.2) is 30.3 Å². The highest BCUT2D eigenvalue weighted by Crippen LogP contribution is 2.33. The normalized spacial score (nSPS) is 23.7. The fraction of sp³-hybridized carbons (Fsp3) is 0.500. The molecule has 1 aliphatic rings. The highest BCUT2D eigenvalue weighted by molar-refractivity contribution is 6.01. The summed E-state index contributed by atoms with van der Waals surface area (Å²) in [6.07, 6.45) is 1.17. The molecule has 1 heterocycles. The smallest absolute Gasteiger partial charge is 0.250 e. The van der Waals surface area contributed by atoms with E-state index in [9.17, 15) is 10.4 Å². The van der Waals surface area contributed by atoms with Gasteiger partial charge in [-0.05, 0) is 19.1 Å². The molecule has 0 spiro atoms. The zero-order valence-corrected chi connectivity index (χ0v) is 11.1. The van der Waals surface area contributed by atoms with Crippen LogP contribution in [0.1, 0.15) is 39.2 Å². The fourth-order valence-electron chi connectivity index (χ4n) is 2.79. The first-order valence-corrected chi connectivity index (χ1v) is 6.46. The van der Waals surface area contributed by atoms with E-state index >= 15 is 0 Å². The maximum atomic E-state index is 12.6. The molecule has 0 saturated heterocycles. The molecule has 0 aliphatic carbocycles. The molecule has 4 nitrogen and oxygen atoms in total. The quantitative estimate of drug-likeness (QED) is 0.660. The van der Waals surface area contributed by atoms with E-state index in [-0.39, 0.29) is 6.04 Å². The van der Waals surface area contributed by atoms with E-state index in [2.05, 4.69) is 0 Å². The van der Waals surface area contributed by atoms with Crippen LogP contribution < -0.4 is 0 Å². The molecule has 0 bridgehead atoms. The van der Waals surface area contributed by atoms with Crippen LogP contribution in [-0.2, 0) is 0 Å². The molecule has 0 unspecified atom stereocenters. The second-order valence-corrected chi connectivity index (χ2v) is 4.76. The Balaban J connectivity index is 2.56. The molecule has 0 aromatic heterocycles. The Hall–Kier alpha value is -1.39. The predicted molar refractivity (Wildman–Crippen MR) is 70.6 cm³/mol. The van der Waals surface area contributed by atoms with Gasteiger partial charge in [0.25, 0.3) is 5.66 Å². The summed E-state index contributed by atoms with van der Waals surface area (Å²) in [5, 5.41) is 24.1.